The molecule has 0 saturated heterocycles. The number of nitrogens with two attached hydrogens (primary N) is 1. The molecule has 1 atom stereocenters. The SMILES string of the molecule is CCNC(Cc1ccccn1)Cc1cnccc1N. The molecule has 0 aliphatic rings. The Hall–Kier alpha value is -1.94. The van der Waals surface area contributed by atoms with E-state index in [0.717, 1.165) is 36.3 Å². The van der Waals surface area contributed by atoms with Crippen LogP contribution in [0.3, 0.4) is 0 Å². The number of anilines is 1. The van der Waals surface area contributed by atoms with Crippen LogP contribution in [0.2, 0.25) is 0 Å². The lowest BCUT2D eigenvalue weighted by atomic mass is 10.0. The van der Waals surface area contributed by atoms with Gasteiger partial charge in [-0.15, -0.1) is 0 Å². The third-order valence-corrected chi connectivity index (χ3v) is 3.08. The van der Waals surface area contributed by atoms with E-state index in [4.69, 9.17) is 5.73 Å². The third kappa shape index (κ3) is 4.03. The summed E-state index contributed by atoms with van der Waals surface area (Å²) in [5.74, 6) is 0. The zero-order chi connectivity index (χ0) is 13.5. The molecule has 19 heavy (non-hydrogen) atoms. The topological polar surface area (TPSA) is 63.8 Å². The molecule has 2 heterocycles. The summed E-state index contributed by atoms with van der Waals surface area (Å²) in [6, 6.07) is 8.18. The molecular formula is C15H20N4. The van der Waals surface area contributed by atoms with Gasteiger partial charge in [-0.3, -0.25) is 9.97 Å². The van der Waals surface area contributed by atoms with E-state index in [1.165, 1.54) is 0 Å². The van der Waals surface area contributed by atoms with Gasteiger partial charge in [-0.25, -0.2) is 0 Å². The highest BCUT2D eigenvalue weighted by molar-refractivity contribution is 5.44. The van der Waals surface area contributed by atoms with Gasteiger partial charge in [0.15, 0.2) is 0 Å². The number of aromatic nitrogens is 2. The number of pyridine rings is 2. The maximum atomic E-state index is 5.97. The number of likely N-dealkylation sites (N-methyl/N-ethyl adjacent to an activating group) is 1. The van der Waals surface area contributed by atoms with Crippen LogP contribution in [-0.2, 0) is 12.8 Å². The Bertz CT molecular complexity index is 499. The average Bonchev–Trinajstić information content (AvgIpc) is 2.43. The first-order chi connectivity index (χ1) is 9.29. The molecule has 0 aliphatic heterocycles. The Morgan fingerprint density at radius 3 is 2.79 bits per heavy atom. The van der Waals surface area contributed by atoms with Gasteiger partial charge in [0.05, 0.1) is 0 Å². The van der Waals surface area contributed by atoms with Crippen molar-refractivity contribution in [1.82, 2.24) is 15.3 Å². The minimum atomic E-state index is 0.325. The van der Waals surface area contributed by atoms with Crippen molar-refractivity contribution in [3.63, 3.8) is 0 Å². The van der Waals surface area contributed by atoms with Gasteiger partial charge in [0, 0.05) is 42.4 Å². The average molecular weight is 256 g/mol. The number of nitrogen functional groups attached to an aromatic ring is 1. The third-order valence-electron chi connectivity index (χ3n) is 3.08. The maximum Gasteiger partial charge on any atom is 0.0419 e. The quantitative estimate of drug-likeness (QED) is 0.827. The molecule has 2 rings (SSSR count). The molecule has 0 aliphatic carbocycles. The van der Waals surface area contributed by atoms with Crippen molar-refractivity contribution in [2.75, 3.05) is 12.3 Å². The maximum absolute atomic E-state index is 5.97. The number of rotatable bonds is 6. The number of nitrogens with one attached hydrogen (secondary N) is 1. The van der Waals surface area contributed by atoms with Crippen molar-refractivity contribution < 1.29 is 0 Å². The Morgan fingerprint density at radius 1 is 1.21 bits per heavy atom. The molecule has 0 bridgehead atoms. The molecule has 4 heteroatoms. The summed E-state index contributed by atoms with van der Waals surface area (Å²) < 4.78 is 0. The standard InChI is InChI=1S/C15H20N4/c1-2-18-14(10-13-5-3-4-7-19-13)9-12-11-17-8-6-15(12)16/h3-8,11,14,18H,2,9-10H2,1H3,(H2,16,17). The van der Waals surface area contributed by atoms with E-state index in [9.17, 15) is 0 Å². The van der Waals surface area contributed by atoms with Gasteiger partial charge in [-0.1, -0.05) is 13.0 Å². The number of hydrogen-bond acceptors (Lipinski definition) is 4. The molecular weight excluding hydrogens is 236 g/mol. The first kappa shape index (κ1) is 13.5. The second-order valence-corrected chi connectivity index (χ2v) is 4.56. The molecule has 1 unspecified atom stereocenters. The lowest BCUT2D eigenvalue weighted by Crippen LogP contribution is -2.33. The minimum absolute atomic E-state index is 0.325. The van der Waals surface area contributed by atoms with Crippen LogP contribution in [0.4, 0.5) is 5.69 Å². The summed E-state index contributed by atoms with van der Waals surface area (Å²) in [4.78, 5) is 8.52. The van der Waals surface area contributed by atoms with E-state index >= 15 is 0 Å². The summed E-state index contributed by atoms with van der Waals surface area (Å²) in [6.45, 7) is 3.04. The zero-order valence-corrected chi connectivity index (χ0v) is 11.2. The van der Waals surface area contributed by atoms with Crippen molar-refractivity contribution in [3.8, 4) is 0 Å². The van der Waals surface area contributed by atoms with E-state index in [1.54, 1.807) is 6.20 Å². The molecule has 0 fully saturated rings. The van der Waals surface area contributed by atoms with Crippen molar-refractivity contribution >= 4 is 5.69 Å². The van der Waals surface area contributed by atoms with Gasteiger partial charge in [0.2, 0.25) is 0 Å². The lowest BCUT2D eigenvalue weighted by Gasteiger charge is -2.18. The predicted octanol–water partition coefficient (Wildman–Crippen LogP) is 1.82. The lowest BCUT2D eigenvalue weighted by molar-refractivity contribution is 0.516. The highest BCUT2D eigenvalue weighted by Crippen LogP contribution is 2.13. The van der Waals surface area contributed by atoms with Gasteiger partial charge in [-0.05, 0) is 36.7 Å². The van der Waals surface area contributed by atoms with Crippen LogP contribution in [0.25, 0.3) is 0 Å². The summed E-state index contributed by atoms with van der Waals surface area (Å²) in [5.41, 5.74) is 8.96. The Balaban J connectivity index is 2.06. The monoisotopic (exact) mass is 256 g/mol. The van der Waals surface area contributed by atoms with Crippen LogP contribution in [0, 0.1) is 0 Å². The highest BCUT2D eigenvalue weighted by atomic mass is 14.9. The van der Waals surface area contributed by atoms with Crippen LogP contribution in [0.15, 0.2) is 42.9 Å². The van der Waals surface area contributed by atoms with E-state index in [-0.39, 0.29) is 0 Å². The molecule has 3 N–H and O–H groups in total. The van der Waals surface area contributed by atoms with Gasteiger partial charge in [0.1, 0.15) is 0 Å². The molecule has 4 nitrogen and oxygen atoms in total. The molecule has 100 valence electrons. The van der Waals surface area contributed by atoms with Crippen molar-refractivity contribution in [2.24, 2.45) is 0 Å². The van der Waals surface area contributed by atoms with E-state index < -0.39 is 0 Å². The van der Waals surface area contributed by atoms with Crippen LogP contribution in [-0.4, -0.2) is 22.6 Å². The van der Waals surface area contributed by atoms with E-state index in [1.807, 2.05) is 30.6 Å². The molecule has 0 radical (unpaired) electrons. The molecule has 2 aromatic rings. The fourth-order valence-electron chi connectivity index (χ4n) is 2.15. The predicted molar refractivity (Wildman–Crippen MR) is 77.8 cm³/mol. The molecule has 2 aromatic heterocycles. The Morgan fingerprint density at radius 2 is 2.11 bits per heavy atom. The van der Waals surface area contributed by atoms with Gasteiger partial charge >= 0.3 is 0 Å². The van der Waals surface area contributed by atoms with Gasteiger partial charge in [0.25, 0.3) is 0 Å². The van der Waals surface area contributed by atoms with Crippen LogP contribution in [0.1, 0.15) is 18.2 Å². The van der Waals surface area contributed by atoms with Gasteiger partial charge < -0.3 is 11.1 Å². The van der Waals surface area contributed by atoms with Crippen LogP contribution >= 0.6 is 0 Å². The number of nitrogens with zero attached hydrogens (tertiary/aromatic N) is 2. The first-order valence-corrected chi connectivity index (χ1v) is 6.61. The molecule has 0 aromatic carbocycles. The highest BCUT2D eigenvalue weighted by Gasteiger charge is 2.11. The normalized spacial score (nSPS) is 12.3. The summed E-state index contributed by atoms with van der Waals surface area (Å²) in [5, 5.41) is 3.48. The summed E-state index contributed by atoms with van der Waals surface area (Å²) in [6.07, 6.45) is 7.15. The molecule has 0 saturated carbocycles. The number of hydrogen-bond donors (Lipinski definition) is 2. The van der Waals surface area contributed by atoms with Gasteiger partial charge in [-0.2, -0.15) is 0 Å². The van der Waals surface area contributed by atoms with Crippen LogP contribution < -0.4 is 11.1 Å². The molecule has 0 spiro atoms. The Kier molecular flexibility index (Phi) is 4.86. The second-order valence-electron chi connectivity index (χ2n) is 4.56. The largest absolute Gasteiger partial charge is 0.398 e. The van der Waals surface area contributed by atoms with Crippen molar-refractivity contribution in [1.29, 1.82) is 0 Å². The first-order valence-electron chi connectivity index (χ1n) is 6.61. The minimum Gasteiger partial charge on any atom is -0.398 e. The zero-order valence-electron chi connectivity index (χ0n) is 11.2. The van der Waals surface area contributed by atoms with Crippen molar-refractivity contribution in [2.45, 2.75) is 25.8 Å². The molecule has 0 amide bonds. The van der Waals surface area contributed by atoms with E-state index in [2.05, 4.69) is 28.3 Å². The van der Waals surface area contributed by atoms with Crippen LogP contribution in [0.5, 0.6) is 0 Å². The summed E-state index contributed by atoms with van der Waals surface area (Å²) in [7, 11) is 0. The second kappa shape index (κ2) is 6.85. The van der Waals surface area contributed by atoms with E-state index in [0.29, 0.717) is 6.04 Å². The van der Waals surface area contributed by atoms with Crippen molar-refractivity contribution in [3.05, 3.63) is 54.1 Å². The fourth-order valence-corrected chi connectivity index (χ4v) is 2.15. The fraction of sp³-hybridized carbons (Fsp3) is 0.333. The Labute approximate surface area is 114 Å². The summed E-state index contributed by atoms with van der Waals surface area (Å²) >= 11 is 0. The smallest absolute Gasteiger partial charge is 0.0419 e.